The SMILES string of the molecule is Cc1cc(Cl)c(C)n1CCN. The molecule has 0 spiro atoms. The molecule has 0 amide bonds. The van der Waals surface area contributed by atoms with Crippen molar-refractivity contribution in [3.8, 4) is 0 Å². The summed E-state index contributed by atoms with van der Waals surface area (Å²) in [5, 5.41) is 0.830. The first kappa shape index (κ1) is 8.62. The van der Waals surface area contributed by atoms with Crippen LogP contribution in [-0.4, -0.2) is 11.1 Å². The van der Waals surface area contributed by atoms with Crippen molar-refractivity contribution in [2.45, 2.75) is 20.4 Å². The highest BCUT2D eigenvalue weighted by Gasteiger charge is 2.04. The van der Waals surface area contributed by atoms with E-state index < -0.39 is 0 Å². The first-order chi connectivity index (χ1) is 5.16. The van der Waals surface area contributed by atoms with Crippen LogP contribution in [-0.2, 0) is 6.54 Å². The molecule has 0 bridgehead atoms. The van der Waals surface area contributed by atoms with Gasteiger partial charge in [0.05, 0.1) is 5.02 Å². The lowest BCUT2D eigenvalue weighted by Crippen LogP contribution is -2.11. The smallest absolute Gasteiger partial charge is 0.0615 e. The molecule has 0 radical (unpaired) electrons. The monoisotopic (exact) mass is 172 g/mol. The Labute approximate surface area is 72.0 Å². The fourth-order valence-corrected chi connectivity index (χ4v) is 1.49. The van der Waals surface area contributed by atoms with E-state index in [9.17, 15) is 0 Å². The van der Waals surface area contributed by atoms with Gasteiger partial charge in [0.25, 0.3) is 0 Å². The molecule has 2 nitrogen and oxygen atoms in total. The quantitative estimate of drug-likeness (QED) is 0.724. The predicted molar refractivity (Wildman–Crippen MR) is 48.0 cm³/mol. The fourth-order valence-electron chi connectivity index (χ4n) is 1.23. The van der Waals surface area contributed by atoms with E-state index in [0.717, 1.165) is 17.3 Å². The van der Waals surface area contributed by atoms with E-state index in [0.29, 0.717) is 6.54 Å². The summed E-state index contributed by atoms with van der Waals surface area (Å²) >= 11 is 5.91. The van der Waals surface area contributed by atoms with Crippen molar-refractivity contribution in [1.29, 1.82) is 0 Å². The number of rotatable bonds is 2. The average Bonchev–Trinajstić information content (AvgIpc) is 2.17. The molecule has 0 aromatic carbocycles. The molecule has 0 aliphatic carbocycles. The first-order valence-corrected chi connectivity index (χ1v) is 4.07. The van der Waals surface area contributed by atoms with Crippen LogP contribution in [0.1, 0.15) is 11.4 Å². The Morgan fingerprint density at radius 1 is 1.55 bits per heavy atom. The molecule has 0 fully saturated rings. The molecule has 0 aliphatic rings. The van der Waals surface area contributed by atoms with Crippen LogP contribution < -0.4 is 5.73 Å². The number of aromatic nitrogens is 1. The van der Waals surface area contributed by atoms with E-state index in [-0.39, 0.29) is 0 Å². The van der Waals surface area contributed by atoms with Crippen LogP contribution in [0, 0.1) is 13.8 Å². The molecule has 62 valence electrons. The Kier molecular flexibility index (Phi) is 2.58. The van der Waals surface area contributed by atoms with Gasteiger partial charge in [0.1, 0.15) is 0 Å². The number of halogens is 1. The Balaban J connectivity index is 3.02. The minimum atomic E-state index is 0.659. The summed E-state index contributed by atoms with van der Waals surface area (Å²) in [6, 6.07) is 1.96. The normalized spacial score (nSPS) is 10.5. The van der Waals surface area contributed by atoms with Crippen molar-refractivity contribution in [1.82, 2.24) is 4.57 Å². The van der Waals surface area contributed by atoms with Crippen molar-refractivity contribution in [3.63, 3.8) is 0 Å². The zero-order chi connectivity index (χ0) is 8.43. The molecule has 11 heavy (non-hydrogen) atoms. The van der Waals surface area contributed by atoms with E-state index in [2.05, 4.69) is 4.57 Å². The van der Waals surface area contributed by atoms with Gasteiger partial charge in [-0.15, -0.1) is 0 Å². The summed E-state index contributed by atoms with van der Waals surface area (Å²) in [6.07, 6.45) is 0. The van der Waals surface area contributed by atoms with Crippen LogP contribution in [0.4, 0.5) is 0 Å². The standard InChI is InChI=1S/C8H13ClN2/c1-6-5-8(9)7(2)11(6)4-3-10/h5H,3-4,10H2,1-2H3. The number of aryl methyl sites for hydroxylation is 1. The second-order valence-electron chi connectivity index (χ2n) is 2.66. The van der Waals surface area contributed by atoms with Crippen molar-refractivity contribution in [3.05, 3.63) is 22.5 Å². The van der Waals surface area contributed by atoms with Gasteiger partial charge in [0.2, 0.25) is 0 Å². The summed E-state index contributed by atoms with van der Waals surface area (Å²) < 4.78 is 2.13. The minimum Gasteiger partial charge on any atom is -0.346 e. The molecule has 1 aromatic heterocycles. The van der Waals surface area contributed by atoms with Crippen LogP contribution in [0.5, 0.6) is 0 Å². The fraction of sp³-hybridized carbons (Fsp3) is 0.500. The van der Waals surface area contributed by atoms with Gasteiger partial charge >= 0.3 is 0 Å². The van der Waals surface area contributed by atoms with Crippen molar-refractivity contribution < 1.29 is 0 Å². The zero-order valence-electron chi connectivity index (χ0n) is 6.89. The van der Waals surface area contributed by atoms with Crippen LogP contribution in [0.25, 0.3) is 0 Å². The molecule has 2 N–H and O–H groups in total. The maximum atomic E-state index is 5.91. The highest BCUT2D eigenvalue weighted by molar-refractivity contribution is 6.31. The van der Waals surface area contributed by atoms with Crippen molar-refractivity contribution in [2.24, 2.45) is 5.73 Å². The lowest BCUT2D eigenvalue weighted by atomic mass is 10.5. The van der Waals surface area contributed by atoms with Crippen molar-refractivity contribution in [2.75, 3.05) is 6.54 Å². The van der Waals surface area contributed by atoms with Crippen molar-refractivity contribution >= 4 is 11.6 Å². The number of hydrogen-bond acceptors (Lipinski definition) is 1. The third kappa shape index (κ3) is 1.57. The largest absolute Gasteiger partial charge is 0.346 e. The highest BCUT2D eigenvalue weighted by atomic mass is 35.5. The van der Waals surface area contributed by atoms with Crippen LogP contribution in [0.15, 0.2) is 6.07 Å². The lowest BCUT2D eigenvalue weighted by molar-refractivity contribution is 0.675. The predicted octanol–water partition coefficient (Wildman–Crippen LogP) is 1.72. The molecule has 1 rings (SSSR count). The van der Waals surface area contributed by atoms with E-state index >= 15 is 0 Å². The van der Waals surface area contributed by atoms with Gasteiger partial charge in [0.15, 0.2) is 0 Å². The second kappa shape index (κ2) is 3.28. The number of nitrogens with zero attached hydrogens (tertiary/aromatic N) is 1. The second-order valence-corrected chi connectivity index (χ2v) is 3.07. The van der Waals surface area contributed by atoms with E-state index in [1.807, 2.05) is 19.9 Å². The molecular formula is C8H13ClN2. The van der Waals surface area contributed by atoms with Gasteiger partial charge in [-0.2, -0.15) is 0 Å². The highest BCUT2D eigenvalue weighted by Crippen LogP contribution is 2.19. The molecule has 1 heterocycles. The van der Waals surface area contributed by atoms with Gasteiger partial charge in [-0.05, 0) is 19.9 Å². The van der Waals surface area contributed by atoms with Gasteiger partial charge < -0.3 is 10.3 Å². The Morgan fingerprint density at radius 3 is 2.55 bits per heavy atom. The van der Waals surface area contributed by atoms with E-state index in [4.69, 9.17) is 17.3 Å². The number of hydrogen-bond donors (Lipinski definition) is 1. The third-order valence-corrected chi connectivity index (χ3v) is 2.25. The Morgan fingerprint density at radius 2 is 2.18 bits per heavy atom. The molecule has 0 aliphatic heterocycles. The topological polar surface area (TPSA) is 30.9 Å². The molecule has 3 heteroatoms. The Bertz CT molecular complexity index is 253. The van der Waals surface area contributed by atoms with Crippen LogP contribution in [0.3, 0.4) is 0 Å². The first-order valence-electron chi connectivity index (χ1n) is 3.69. The molecular weight excluding hydrogens is 160 g/mol. The van der Waals surface area contributed by atoms with Gasteiger partial charge in [-0.25, -0.2) is 0 Å². The minimum absolute atomic E-state index is 0.659. The molecule has 0 saturated heterocycles. The summed E-state index contributed by atoms with van der Waals surface area (Å²) in [6.45, 7) is 5.55. The summed E-state index contributed by atoms with van der Waals surface area (Å²) in [4.78, 5) is 0. The number of nitrogens with two attached hydrogens (primary N) is 1. The van der Waals surface area contributed by atoms with Gasteiger partial charge in [0, 0.05) is 24.5 Å². The molecule has 0 saturated carbocycles. The average molecular weight is 173 g/mol. The Hall–Kier alpha value is -0.470. The summed E-state index contributed by atoms with van der Waals surface area (Å²) in [5.74, 6) is 0. The summed E-state index contributed by atoms with van der Waals surface area (Å²) in [5.41, 5.74) is 7.73. The molecule has 0 atom stereocenters. The lowest BCUT2D eigenvalue weighted by Gasteiger charge is -2.05. The van der Waals surface area contributed by atoms with Gasteiger partial charge in [-0.1, -0.05) is 11.6 Å². The van der Waals surface area contributed by atoms with Crippen LogP contribution in [0.2, 0.25) is 5.02 Å². The molecule has 0 unspecified atom stereocenters. The maximum Gasteiger partial charge on any atom is 0.0615 e. The maximum absolute atomic E-state index is 5.91. The van der Waals surface area contributed by atoms with Crippen LogP contribution >= 0.6 is 11.6 Å². The van der Waals surface area contributed by atoms with E-state index in [1.165, 1.54) is 5.69 Å². The molecule has 1 aromatic rings. The third-order valence-electron chi connectivity index (χ3n) is 1.86. The zero-order valence-corrected chi connectivity index (χ0v) is 7.65. The van der Waals surface area contributed by atoms with Gasteiger partial charge in [-0.3, -0.25) is 0 Å². The van der Waals surface area contributed by atoms with E-state index in [1.54, 1.807) is 0 Å². The summed E-state index contributed by atoms with van der Waals surface area (Å²) in [7, 11) is 0.